The molecule has 1 fully saturated rings. The summed E-state index contributed by atoms with van der Waals surface area (Å²) in [5.74, 6) is 0.646. The summed E-state index contributed by atoms with van der Waals surface area (Å²) in [7, 11) is 1.89. The van der Waals surface area contributed by atoms with Crippen molar-refractivity contribution in [1.82, 2.24) is 24.2 Å². The van der Waals surface area contributed by atoms with Gasteiger partial charge in [0.15, 0.2) is 4.77 Å². The Morgan fingerprint density at radius 2 is 2.17 bits per heavy atom. The van der Waals surface area contributed by atoms with Gasteiger partial charge in [0, 0.05) is 36.7 Å². The van der Waals surface area contributed by atoms with Crippen molar-refractivity contribution in [2.24, 2.45) is 13.0 Å². The third-order valence-corrected chi connectivity index (χ3v) is 5.13. The Morgan fingerprint density at radius 1 is 1.42 bits per heavy atom. The first kappa shape index (κ1) is 17.2. The lowest BCUT2D eigenvalue weighted by atomic mass is 9.96. The molecule has 2 aromatic heterocycles. The molecule has 1 aliphatic heterocycles. The zero-order valence-electron chi connectivity index (χ0n) is 13.4. The van der Waals surface area contributed by atoms with Gasteiger partial charge >= 0.3 is 0 Å². The number of amides is 1. The minimum absolute atomic E-state index is 0.0170. The SMILES string of the molecule is Cn1cnn(CN2CCC(C(=O)Nc3ccc(Br)cn3)CC2)c1=S. The summed E-state index contributed by atoms with van der Waals surface area (Å²) in [6.07, 6.45) is 5.04. The molecule has 3 rings (SSSR count). The molecule has 0 saturated carbocycles. The number of likely N-dealkylation sites (tertiary alicyclic amines) is 1. The maximum absolute atomic E-state index is 12.4. The van der Waals surface area contributed by atoms with E-state index in [0.29, 0.717) is 17.3 Å². The Bertz CT molecular complexity index is 763. The summed E-state index contributed by atoms with van der Waals surface area (Å²) in [6.45, 7) is 2.37. The van der Waals surface area contributed by atoms with E-state index in [1.807, 2.05) is 22.4 Å². The molecule has 0 spiro atoms. The van der Waals surface area contributed by atoms with Crippen LogP contribution in [0, 0.1) is 10.7 Å². The smallest absolute Gasteiger partial charge is 0.228 e. The van der Waals surface area contributed by atoms with Crippen LogP contribution in [-0.4, -0.2) is 43.2 Å². The van der Waals surface area contributed by atoms with Gasteiger partial charge in [0.2, 0.25) is 5.91 Å². The molecule has 24 heavy (non-hydrogen) atoms. The number of halogens is 1. The van der Waals surface area contributed by atoms with Crippen LogP contribution in [0.25, 0.3) is 0 Å². The summed E-state index contributed by atoms with van der Waals surface area (Å²) >= 11 is 8.64. The van der Waals surface area contributed by atoms with Crippen molar-refractivity contribution in [3.05, 3.63) is 33.9 Å². The first-order chi connectivity index (χ1) is 11.5. The molecule has 1 aliphatic rings. The number of aromatic nitrogens is 4. The topological polar surface area (TPSA) is 68.0 Å². The van der Waals surface area contributed by atoms with Crippen LogP contribution in [0.5, 0.6) is 0 Å². The second-order valence-corrected chi connectivity index (χ2v) is 7.19. The van der Waals surface area contributed by atoms with E-state index in [1.54, 1.807) is 18.6 Å². The van der Waals surface area contributed by atoms with Crippen molar-refractivity contribution in [3.63, 3.8) is 0 Å². The first-order valence-electron chi connectivity index (χ1n) is 7.76. The molecule has 0 aromatic carbocycles. The van der Waals surface area contributed by atoms with Crippen LogP contribution in [0.2, 0.25) is 0 Å². The van der Waals surface area contributed by atoms with Crippen LogP contribution < -0.4 is 5.32 Å². The highest BCUT2D eigenvalue weighted by Gasteiger charge is 2.25. The second kappa shape index (κ2) is 7.54. The molecular formula is C15H19BrN6OS. The van der Waals surface area contributed by atoms with Gasteiger partial charge in [0.25, 0.3) is 0 Å². The summed E-state index contributed by atoms with van der Waals surface area (Å²) in [5, 5.41) is 7.16. The molecule has 0 aliphatic carbocycles. The number of carbonyl (C=O) groups excluding carboxylic acids is 1. The monoisotopic (exact) mass is 410 g/mol. The molecule has 3 heterocycles. The molecule has 0 radical (unpaired) electrons. The molecule has 9 heteroatoms. The number of nitrogens with one attached hydrogen (secondary N) is 1. The van der Waals surface area contributed by atoms with Gasteiger partial charge in [-0.3, -0.25) is 9.69 Å². The Morgan fingerprint density at radius 3 is 2.75 bits per heavy atom. The minimum Gasteiger partial charge on any atom is -0.310 e. The lowest BCUT2D eigenvalue weighted by molar-refractivity contribution is -0.121. The fourth-order valence-corrected chi connectivity index (χ4v) is 3.11. The Hall–Kier alpha value is -1.58. The van der Waals surface area contributed by atoms with E-state index in [4.69, 9.17) is 12.2 Å². The lowest BCUT2D eigenvalue weighted by Gasteiger charge is -2.30. The third-order valence-electron chi connectivity index (χ3n) is 4.16. The Kier molecular flexibility index (Phi) is 5.42. The average Bonchev–Trinajstić information content (AvgIpc) is 2.90. The zero-order chi connectivity index (χ0) is 17.1. The lowest BCUT2D eigenvalue weighted by Crippen LogP contribution is -2.39. The molecule has 1 saturated heterocycles. The van der Waals surface area contributed by atoms with E-state index in [2.05, 4.69) is 36.2 Å². The highest BCUT2D eigenvalue weighted by atomic mass is 79.9. The van der Waals surface area contributed by atoms with Gasteiger partial charge < -0.3 is 9.88 Å². The van der Waals surface area contributed by atoms with E-state index < -0.39 is 0 Å². The predicted molar refractivity (Wildman–Crippen MR) is 96.9 cm³/mol. The molecule has 0 bridgehead atoms. The van der Waals surface area contributed by atoms with Crippen LogP contribution in [-0.2, 0) is 18.5 Å². The minimum atomic E-state index is 0.0170. The summed E-state index contributed by atoms with van der Waals surface area (Å²) in [4.78, 5) is 18.8. The second-order valence-electron chi connectivity index (χ2n) is 5.91. The molecule has 128 valence electrons. The summed E-state index contributed by atoms with van der Waals surface area (Å²) < 4.78 is 5.22. The number of aryl methyl sites for hydroxylation is 1. The number of hydrogen-bond donors (Lipinski definition) is 1. The van der Waals surface area contributed by atoms with Crippen molar-refractivity contribution in [2.45, 2.75) is 19.5 Å². The van der Waals surface area contributed by atoms with Crippen molar-refractivity contribution >= 4 is 39.9 Å². The van der Waals surface area contributed by atoms with Crippen LogP contribution in [0.1, 0.15) is 12.8 Å². The molecule has 1 N–H and O–H groups in total. The first-order valence-corrected chi connectivity index (χ1v) is 8.96. The van der Waals surface area contributed by atoms with E-state index >= 15 is 0 Å². The Balaban J connectivity index is 1.51. The quantitative estimate of drug-likeness (QED) is 0.783. The van der Waals surface area contributed by atoms with Gasteiger partial charge in [-0.2, -0.15) is 5.10 Å². The van der Waals surface area contributed by atoms with E-state index in [1.165, 1.54) is 0 Å². The molecule has 0 atom stereocenters. The molecule has 2 aromatic rings. The average molecular weight is 411 g/mol. The molecule has 0 unspecified atom stereocenters. The fraction of sp³-hybridized carbons (Fsp3) is 0.467. The van der Waals surface area contributed by atoms with Gasteiger partial charge in [0.05, 0.1) is 6.67 Å². The normalized spacial score (nSPS) is 16.2. The van der Waals surface area contributed by atoms with Gasteiger partial charge in [-0.25, -0.2) is 9.67 Å². The van der Waals surface area contributed by atoms with Crippen molar-refractivity contribution in [3.8, 4) is 0 Å². The van der Waals surface area contributed by atoms with Crippen LogP contribution in [0.4, 0.5) is 5.82 Å². The van der Waals surface area contributed by atoms with Crippen molar-refractivity contribution in [2.75, 3.05) is 18.4 Å². The van der Waals surface area contributed by atoms with Crippen molar-refractivity contribution in [1.29, 1.82) is 0 Å². The van der Waals surface area contributed by atoms with Crippen LogP contribution in [0.3, 0.4) is 0 Å². The van der Waals surface area contributed by atoms with Crippen LogP contribution >= 0.6 is 28.1 Å². The maximum atomic E-state index is 12.4. The van der Waals surface area contributed by atoms with Crippen LogP contribution in [0.15, 0.2) is 29.1 Å². The highest BCUT2D eigenvalue weighted by Crippen LogP contribution is 2.20. The molecular weight excluding hydrogens is 392 g/mol. The van der Waals surface area contributed by atoms with Gasteiger partial charge in [-0.15, -0.1) is 0 Å². The predicted octanol–water partition coefficient (Wildman–Crippen LogP) is 2.42. The molecule has 1 amide bonds. The molecule has 7 nitrogen and oxygen atoms in total. The van der Waals surface area contributed by atoms with Gasteiger partial charge in [-0.05, 0) is 53.1 Å². The standard InChI is InChI=1S/C15H19BrN6OS/c1-20-9-18-22(15(20)24)10-21-6-4-11(5-7-21)14(23)19-13-3-2-12(16)8-17-13/h2-3,8-9,11H,4-7,10H2,1H3,(H,17,19,23). The number of pyridine rings is 1. The fourth-order valence-electron chi connectivity index (χ4n) is 2.72. The Labute approximate surface area is 153 Å². The number of anilines is 1. The summed E-state index contributed by atoms with van der Waals surface area (Å²) in [6, 6.07) is 3.65. The number of carbonyl (C=O) groups is 1. The number of rotatable bonds is 4. The largest absolute Gasteiger partial charge is 0.310 e. The maximum Gasteiger partial charge on any atom is 0.228 e. The highest BCUT2D eigenvalue weighted by molar-refractivity contribution is 9.10. The number of nitrogens with zero attached hydrogens (tertiary/aromatic N) is 5. The van der Waals surface area contributed by atoms with E-state index in [-0.39, 0.29) is 11.8 Å². The zero-order valence-corrected chi connectivity index (χ0v) is 15.8. The van der Waals surface area contributed by atoms with Gasteiger partial charge in [0.1, 0.15) is 12.1 Å². The number of piperidine rings is 1. The van der Waals surface area contributed by atoms with E-state index in [0.717, 1.165) is 30.4 Å². The van der Waals surface area contributed by atoms with Gasteiger partial charge in [-0.1, -0.05) is 0 Å². The van der Waals surface area contributed by atoms with Crippen molar-refractivity contribution < 1.29 is 4.79 Å². The van der Waals surface area contributed by atoms with E-state index in [9.17, 15) is 4.79 Å². The number of hydrogen-bond acceptors (Lipinski definition) is 5. The third kappa shape index (κ3) is 4.08. The summed E-state index contributed by atoms with van der Waals surface area (Å²) in [5.41, 5.74) is 0.